The number of benzene rings is 2. The van der Waals surface area contributed by atoms with Gasteiger partial charge < -0.3 is 19.5 Å². The average molecular weight is 394 g/mol. The summed E-state index contributed by atoms with van der Waals surface area (Å²) in [5.41, 5.74) is 1.18. The number of hydrogen-bond acceptors (Lipinski definition) is 5. The van der Waals surface area contributed by atoms with E-state index in [9.17, 15) is 9.59 Å². The van der Waals surface area contributed by atoms with Crippen LogP contribution in [0.4, 0.5) is 0 Å². The van der Waals surface area contributed by atoms with Crippen LogP contribution in [0.25, 0.3) is 0 Å². The van der Waals surface area contributed by atoms with E-state index in [1.165, 1.54) is 21.3 Å². The highest BCUT2D eigenvalue weighted by atomic mass is 35.5. The summed E-state index contributed by atoms with van der Waals surface area (Å²) in [7, 11) is 6.03. The average Bonchev–Trinajstić information content (AvgIpc) is 2.70. The second-order valence-corrected chi connectivity index (χ2v) is 5.62. The molecule has 6 nitrogen and oxygen atoms in total. The lowest BCUT2D eigenvalue weighted by Crippen LogP contribution is -2.27. The van der Waals surface area contributed by atoms with Crippen LogP contribution in [0.2, 0.25) is 0 Å². The number of methoxy groups -OCH3 is 3. The van der Waals surface area contributed by atoms with Crippen LogP contribution in [0.3, 0.4) is 0 Å². The number of hydrogen-bond donors (Lipinski definition) is 1. The van der Waals surface area contributed by atoms with Crippen LogP contribution in [0.15, 0.2) is 42.5 Å². The van der Waals surface area contributed by atoms with Gasteiger partial charge >= 0.3 is 0 Å². The fraction of sp³-hybridized carbons (Fsp3) is 0.300. The zero-order valence-corrected chi connectivity index (χ0v) is 16.6. The molecule has 1 unspecified atom stereocenters. The molecule has 0 aliphatic rings. The molecule has 0 aliphatic heterocycles. The van der Waals surface area contributed by atoms with Crippen LogP contribution < -0.4 is 19.5 Å². The minimum Gasteiger partial charge on any atom is -0.493 e. The lowest BCUT2D eigenvalue weighted by molar-refractivity contribution is -0.122. The standard InChI is InChI=1S/C20H23NO5.ClH/c1-21-20(23)15(13-8-6-5-7-9-13)12-16(22)14-10-17(24-2)19(26-4)18(11-14)25-3;/h5-11,15H,12H2,1-4H3,(H,21,23);1H. The lowest BCUT2D eigenvalue weighted by Gasteiger charge is -2.17. The van der Waals surface area contributed by atoms with Gasteiger partial charge in [0.1, 0.15) is 0 Å². The third-order valence-electron chi connectivity index (χ3n) is 4.14. The van der Waals surface area contributed by atoms with E-state index in [0.717, 1.165) is 5.56 Å². The fourth-order valence-corrected chi connectivity index (χ4v) is 2.77. The molecule has 0 radical (unpaired) electrons. The van der Waals surface area contributed by atoms with Gasteiger partial charge in [-0.05, 0) is 17.7 Å². The molecule has 0 aliphatic carbocycles. The monoisotopic (exact) mass is 393 g/mol. The van der Waals surface area contributed by atoms with Gasteiger partial charge in [0.25, 0.3) is 0 Å². The molecular weight excluding hydrogens is 370 g/mol. The van der Waals surface area contributed by atoms with Gasteiger partial charge in [-0.15, -0.1) is 12.4 Å². The number of ether oxygens (including phenoxy) is 3. The Morgan fingerprint density at radius 3 is 1.96 bits per heavy atom. The predicted octanol–water partition coefficient (Wildman–Crippen LogP) is 3.24. The van der Waals surface area contributed by atoms with Crippen molar-refractivity contribution >= 4 is 24.1 Å². The van der Waals surface area contributed by atoms with Gasteiger partial charge in [-0.25, -0.2) is 0 Å². The molecule has 146 valence electrons. The van der Waals surface area contributed by atoms with E-state index in [1.807, 2.05) is 30.3 Å². The van der Waals surface area contributed by atoms with Crippen LogP contribution in [-0.4, -0.2) is 40.1 Å². The van der Waals surface area contributed by atoms with Crippen molar-refractivity contribution in [3.8, 4) is 17.2 Å². The molecule has 0 saturated carbocycles. The molecule has 1 atom stereocenters. The number of nitrogens with one attached hydrogen (secondary N) is 1. The van der Waals surface area contributed by atoms with Crippen LogP contribution in [0, 0.1) is 0 Å². The molecule has 7 heteroatoms. The Hall–Kier alpha value is -2.73. The predicted molar refractivity (Wildman–Crippen MR) is 106 cm³/mol. The molecule has 2 aromatic carbocycles. The van der Waals surface area contributed by atoms with Gasteiger partial charge in [-0.1, -0.05) is 30.3 Å². The van der Waals surface area contributed by atoms with E-state index in [0.29, 0.717) is 22.8 Å². The highest BCUT2D eigenvalue weighted by molar-refractivity contribution is 6.01. The number of Topliss-reactive ketones (excluding diaryl/α,β-unsaturated/α-hetero) is 1. The highest BCUT2D eigenvalue weighted by Gasteiger charge is 2.25. The molecule has 27 heavy (non-hydrogen) atoms. The van der Waals surface area contributed by atoms with Crippen molar-refractivity contribution in [3.63, 3.8) is 0 Å². The maximum Gasteiger partial charge on any atom is 0.227 e. The number of amides is 1. The topological polar surface area (TPSA) is 73.9 Å². The third-order valence-corrected chi connectivity index (χ3v) is 4.14. The Morgan fingerprint density at radius 2 is 1.52 bits per heavy atom. The molecule has 0 saturated heterocycles. The molecule has 0 aromatic heterocycles. The van der Waals surface area contributed by atoms with E-state index >= 15 is 0 Å². The summed E-state index contributed by atoms with van der Waals surface area (Å²) < 4.78 is 15.9. The Balaban J connectivity index is 0.00000364. The van der Waals surface area contributed by atoms with Gasteiger partial charge in [-0.3, -0.25) is 9.59 Å². The first-order chi connectivity index (χ1) is 12.5. The first kappa shape index (κ1) is 22.3. The number of ketones is 1. The van der Waals surface area contributed by atoms with Crippen molar-refractivity contribution in [2.24, 2.45) is 0 Å². The summed E-state index contributed by atoms with van der Waals surface area (Å²) in [5.74, 6) is 0.224. The zero-order valence-electron chi connectivity index (χ0n) is 15.8. The van der Waals surface area contributed by atoms with Crippen molar-refractivity contribution in [2.75, 3.05) is 28.4 Å². The van der Waals surface area contributed by atoms with E-state index in [1.54, 1.807) is 19.2 Å². The quantitative estimate of drug-likeness (QED) is 0.697. The molecule has 0 heterocycles. The number of likely N-dealkylation sites (N-methyl/N-ethyl adjacent to an activating group) is 1. The second kappa shape index (κ2) is 10.4. The first-order valence-corrected chi connectivity index (χ1v) is 8.15. The summed E-state index contributed by atoms with van der Waals surface area (Å²) in [4.78, 5) is 25.1. The van der Waals surface area contributed by atoms with Crippen molar-refractivity contribution in [1.82, 2.24) is 5.32 Å². The van der Waals surface area contributed by atoms with Crippen molar-refractivity contribution < 1.29 is 23.8 Å². The normalized spacial score (nSPS) is 11.0. The lowest BCUT2D eigenvalue weighted by atomic mass is 9.90. The van der Waals surface area contributed by atoms with Crippen molar-refractivity contribution in [1.29, 1.82) is 0 Å². The largest absolute Gasteiger partial charge is 0.493 e. The van der Waals surface area contributed by atoms with Gasteiger partial charge in [0.2, 0.25) is 11.7 Å². The van der Waals surface area contributed by atoms with E-state index in [-0.39, 0.29) is 30.5 Å². The van der Waals surface area contributed by atoms with Gasteiger partial charge in [0, 0.05) is 19.0 Å². The smallest absolute Gasteiger partial charge is 0.227 e. The SMILES string of the molecule is CNC(=O)C(CC(=O)c1cc(OC)c(OC)c(OC)c1)c1ccccc1.Cl. The fourth-order valence-electron chi connectivity index (χ4n) is 2.77. The molecular formula is C20H24ClNO5. The van der Waals surface area contributed by atoms with E-state index < -0.39 is 5.92 Å². The maximum atomic E-state index is 12.9. The molecule has 0 spiro atoms. The minimum atomic E-state index is -0.576. The molecule has 2 rings (SSSR count). The number of carbonyl (C=O) groups excluding carboxylic acids is 2. The zero-order chi connectivity index (χ0) is 19.1. The Labute approximate surface area is 165 Å². The van der Waals surface area contributed by atoms with Gasteiger partial charge in [0.05, 0.1) is 27.2 Å². The Bertz CT molecular complexity index is 754. The second-order valence-electron chi connectivity index (χ2n) is 5.62. The minimum absolute atomic E-state index is 0. The van der Waals surface area contributed by atoms with Gasteiger partial charge in [-0.2, -0.15) is 0 Å². The third kappa shape index (κ3) is 5.14. The van der Waals surface area contributed by atoms with Crippen LogP contribution >= 0.6 is 12.4 Å². The van der Waals surface area contributed by atoms with Crippen LogP contribution in [0.1, 0.15) is 28.3 Å². The summed E-state index contributed by atoms with van der Waals surface area (Å²) in [5, 5.41) is 2.62. The van der Waals surface area contributed by atoms with Crippen molar-refractivity contribution in [2.45, 2.75) is 12.3 Å². The molecule has 2 aromatic rings. The summed E-state index contributed by atoms with van der Waals surface area (Å²) in [6.07, 6.45) is 0.0301. The molecule has 0 bridgehead atoms. The molecule has 1 amide bonds. The summed E-state index contributed by atoms with van der Waals surface area (Å²) in [6.45, 7) is 0. The van der Waals surface area contributed by atoms with Crippen LogP contribution in [-0.2, 0) is 4.79 Å². The Kier molecular flexibility index (Phi) is 8.62. The maximum absolute atomic E-state index is 12.9. The number of halogens is 1. The summed E-state index contributed by atoms with van der Waals surface area (Å²) >= 11 is 0. The number of rotatable bonds is 8. The van der Waals surface area contributed by atoms with Gasteiger partial charge in [0.15, 0.2) is 17.3 Å². The molecule has 0 fully saturated rings. The Morgan fingerprint density at radius 1 is 0.963 bits per heavy atom. The number of carbonyl (C=O) groups is 2. The first-order valence-electron chi connectivity index (χ1n) is 8.15. The van der Waals surface area contributed by atoms with E-state index in [4.69, 9.17) is 14.2 Å². The van der Waals surface area contributed by atoms with Crippen molar-refractivity contribution in [3.05, 3.63) is 53.6 Å². The summed E-state index contributed by atoms with van der Waals surface area (Å²) in [6, 6.07) is 12.4. The highest BCUT2D eigenvalue weighted by Crippen LogP contribution is 2.39. The van der Waals surface area contributed by atoms with Crippen LogP contribution in [0.5, 0.6) is 17.2 Å². The molecule has 1 N–H and O–H groups in total. The van der Waals surface area contributed by atoms with E-state index in [2.05, 4.69) is 5.32 Å².